The Labute approximate surface area is 118 Å². The molecule has 0 amide bonds. The van der Waals surface area contributed by atoms with Gasteiger partial charge >= 0.3 is 5.69 Å². The number of nitrogens with one attached hydrogen (secondary N) is 1. The summed E-state index contributed by atoms with van der Waals surface area (Å²) < 4.78 is 1.48. The van der Waals surface area contributed by atoms with E-state index in [9.17, 15) is 9.59 Å². The van der Waals surface area contributed by atoms with E-state index in [0.717, 1.165) is 5.52 Å². The first kappa shape index (κ1) is 12.6. The van der Waals surface area contributed by atoms with Crippen LogP contribution in [0.15, 0.2) is 35.4 Å². The Hall–Kier alpha value is -2.47. The number of ketones is 1. The van der Waals surface area contributed by atoms with E-state index in [-0.39, 0.29) is 22.3 Å². The zero-order valence-corrected chi connectivity index (χ0v) is 11.2. The number of halogens is 1. The molecule has 0 aliphatic carbocycles. The number of nitrogens with zero attached hydrogens (tertiary/aromatic N) is 3. The monoisotopic (exact) mass is 288 g/mol. The molecule has 2 heterocycles. The molecule has 0 saturated heterocycles. The fourth-order valence-electron chi connectivity index (χ4n) is 1.98. The molecule has 0 bridgehead atoms. The largest absolute Gasteiger partial charge is 0.326 e. The highest BCUT2D eigenvalue weighted by Crippen LogP contribution is 2.15. The molecule has 0 spiro atoms. The molecule has 6 nitrogen and oxygen atoms in total. The van der Waals surface area contributed by atoms with Gasteiger partial charge in [0.1, 0.15) is 17.2 Å². The van der Waals surface area contributed by atoms with Crippen LogP contribution in [0.2, 0.25) is 5.15 Å². The molecule has 0 unspecified atom stereocenters. The summed E-state index contributed by atoms with van der Waals surface area (Å²) in [5.74, 6) is -0.277. The van der Waals surface area contributed by atoms with E-state index in [1.165, 1.54) is 17.0 Å². The highest BCUT2D eigenvalue weighted by Gasteiger charge is 2.13. The second-order valence-electron chi connectivity index (χ2n) is 4.28. The number of hydrogen-bond acceptors (Lipinski definition) is 4. The standard InChI is InChI=1S/C13H9ClN4O2/c1-18-10-3-2-7(4-8(10)17-13(18)20)12(19)9-5-11(14)16-6-15-9/h2-6H,1H3,(H,17,20). The van der Waals surface area contributed by atoms with Crippen molar-refractivity contribution >= 4 is 28.4 Å². The Balaban J connectivity index is 2.10. The van der Waals surface area contributed by atoms with Gasteiger partial charge in [-0.15, -0.1) is 0 Å². The minimum Gasteiger partial charge on any atom is -0.306 e. The van der Waals surface area contributed by atoms with Crippen LogP contribution < -0.4 is 5.69 Å². The smallest absolute Gasteiger partial charge is 0.306 e. The predicted octanol–water partition coefficient (Wildman–Crippen LogP) is 1.54. The molecule has 0 radical (unpaired) electrons. The number of rotatable bonds is 2. The van der Waals surface area contributed by atoms with Crippen molar-refractivity contribution in [2.24, 2.45) is 7.05 Å². The molecule has 7 heteroatoms. The van der Waals surface area contributed by atoms with Gasteiger partial charge in [-0.05, 0) is 18.2 Å². The lowest BCUT2D eigenvalue weighted by atomic mass is 10.1. The fraction of sp³-hybridized carbons (Fsp3) is 0.0769. The van der Waals surface area contributed by atoms with E-state index in [1.54, 1.807) is 25.2 Å². The van der Waals surface area contributed by atoms with Gasteiger partial charge in [-0.25, -0.2) is 14.8 Å². The van der Waals surface area contributed by atoms with E-state index in [1.807, 2.05) is 0 Å². The van der Waals surface area contributed by atoms with Crippen LogP contribution in [0.4, 0.5) is 0 Å². The van der Waals surface area contributed by atoms with Gasteiger partial charge < -0.3 is 4.98 Å². The first-order valence-corrected chi connectivity index (χ1v) is 6.15. The number of imidazole rings is 1. The van der Waals surface area contributed by atoms with Gasteiger partial charge in [-0.3, -0.25) is 9.36 Å². The molecule has 0 aliphatic heterocycles. The molecule has 1 aromatic carbocycles. The first-order valence-electron chi connectivity index (χ1n) is 5.77. The molecule has 3 aromatic rings. The third kappa shape index (κ3) is 2.00. The third-order valence-electron chi connectivity index (χ3n) is 3.03. The Morgan fingerprint density at radius 2 is 2.10 bits per heavy atom. The van der Waals surface area contributed by atoms with Crippen molar-refractivity contribution in [3.05, 3.63) is 57.5 Å². The number of carbonyl (C=O) groups excluding carboxylic acids is 1. The summed E-state index contributed by atoms with van der Waals surface area (Å²) in [5, 5.41) is 0.206. The van der Waals surface area contributed by atoms with Crippen molar-refractivity contribution in [1.82, 2.24) is 19.5 Å². The van der Waals surface area contributed by atoms with Gasteiger partial charge in [0.05, 0.1) is 11.0 Å². The molecular weight excluding hydrogens is 280 g/mol. The molecule has 1 N–H and O–H groups in total. The van der Waals surface area contributed by atoms with Crippen molar-refractivity contribution in [2.75, 3.05) is 0 Å². The van der Waals surface area contributed by atoms with Crippen LogP contribution in [0.5, 0.6) is 0 Å². The highest BCUT2D eigenvalue weighted by molar-refractivity contribution is 6.29. The average Bonchev–Trinajstić information content (AvgIpc) is 2.73. The highest BCUT2D eigenvalue weighted by atomic mass is 35.5. The number of aromatic amines is 1. The summed E-state index contributed by atoms with van der Waals surface area (Å²) in [5.41, 5.74) is 1.74. The molecule has 3 rings (SSSR count). The Morgan fingerprint density at radius 3 is 2.85 bits per heavy atom. The number of benzene rings is 1. The molecular formula is C13H9ClN4O2. The normalized spacial score (nSPS) is 10.9. The number of hydrogen-bond donors (Lipinski definition) is 1. The molecule has 20 heavy (non-hydrogen) atoms. The van der Waals surface area contributed by atoms with E-state index in [0.29, 0.717) is 11.1 Å². The van der Waals surface area contributed by atoms with Crippen molar-refractivity contribution in [2.45, 2.75) is 0 Å². The van der Waals surface area contributed by atoms with Crippen LogP contribution in [0.3, 0.4) is 0 Å². The summed E-state index contributed by atoms with van der Waals surface area (Å²) in [6.07, 6.45) is 1.23. The van der Waals surface area contributed by atoms with Crippen LogP contribution in [-0.2, 0) is 7.05 Å². The SMILES string of the molecule is Cn1c(=O)[nH]c2cc(C(=O)c3cc(Cl)ncn3)ccc21. The number of fused-ring (bicyclic) bond motifs is 1. The maximum atomic E-state index is 12.3. The van der Waals surface area contributed by atoms with Crippen LogP contribution >= 0.6 is 11.6 Å². The lowest BCUT2D eigenvalue weighted by Gasteiger charge is -2.01. The number of aromatic nitrogens is 4. The minimum atomic E-state index is -0.277. The third-order valence-corrected chi connectivity index (χ3v) is 3.24. The average molecular weight is 289 g/mol. The van der Waals surface area contributed by atoms with Crippen LogP contribution in [0.1, 0.15) is 16.1 Å². The summed E-state index contributed by atoms with van der Waals surface area (Å²) >= 11 is 5.74. The number of aryl methyl sites for hydroxylation is 1. The quantitative estimate of drug-likeness (QED) is 0.573. The number of H-pyrrole nitrogens is 1. The van der Waals surface area contributed by atoms with Crippen molar-refractivity contribution in [1.29, 1.82) is 0 Å². The van der Waals surface area contributed by atoms with E-state index >= 15 is 0 Å². The molecule has 2 aromatic heterocycles. The second-order valence-corrected chi connectivity index (χ2v) is 4.66. The zero-order valence-electron chi connectivity index (χ0n) is 10.4. The Bertz CT molecular complexity index is 881. The van der Waals surface area contributed by atoms with Gasteiger partial charge in [0.15, 0.2) is 0 Å². The van der Waals surface area contributed by atoms with Gasteiger partial charge in [-0.2, -0.15) is 0 Å². The Morgan fingerprint density at radius 1 is 1.30 bits per heavy atom. The fourth-order valence-corrected chi connectivity index (χ4v) is 2.13. The summed E-state index contributed by atoms with van der Waals surface area (Å²) in [6, 6.07) is 6.38. The minimum absolute atomic E-state index is 0.206. The molecule has 0 atom stereocenters. The Kier molecular flexibility index (Phi) is 2.87. The van der Waals surface area contributed by atoms with E-state index < -0.39 is 0 Å². The van der Waals surface area contributed by atoms with E-state index in [2.05, 4.69) is 15.0 Å². The molecule has 100 valence electrons. The van der Waals surface area contributed by atoms with Gasteiger partial charge in [0.25, 0.3) is 0 Å². The first-order chi connectivity index (χ1) is 9.56. The maximum Gasteiger partial charge on any atom is 0.326 e. The zero-order chi connectivity index (χ0) is 14.3. The van der Waals surface area contributed by atoms with Crippen LogP contribution in [0.25, 0.3) is 11.0 Å². The van der Waals surface area contributed by atoms with Gasteiger partial charge in [0.2, 0.25) is 5.78 Å². The van der Waals surface area contributed by atoms with Crippen LogP contribution in [0, 0.1) is 0 Å². The van der Waals surface area contributed by atoms with Crippen molar-refractivity contribution < 1.29 is 4.79 Å². The van der Waals surface area contributed by atoms with Crippen molar-refractivity contribution in [3.8, 4) is 0 Å². The second kappa shape index (κ2) is 4.57. The van der Waals surface area contributed by atoms with E-state index in [4.69, 9.17) is 11.6 Å². The van der Waals surface area contributed by atoms with Crippen LogP contribution in [-0.4, -0.2) is 25.3 Å². The topological polar surface area (TPSA) is 80.6 Å². The lowest BCUT2D eigenvalue weighted by Crippen LogP contribution is -2.11. The number of carbonyl (C=O) groups is 1. The molecule has 0 fully saturated rings. The predicted molar refractivity (Wildman–Crippen MR) is 74.0 cm³/mol. The van der Waals surface area contributed by atoms with Gasteiger partial charge in [0, 0.05) is 18.7 Å². The van der Waals surface area contributed by atoms with Crippen molar-refractivity contribution in [3.63, 3.8) is 0 Å². The van der Waals surface area contributed by atoms with Gasteiger partial charge in [-0.1, -0.05) is 11.6 Å². The summed E-state index contributed by atoms with van der Waals surface area (Å²) in [7, 11) is 1.66. The maximum absolute atomic E-state index is 12.3. The summed E-state index contributed by atoms with van der Waals surface area (Å²) in [4.78, 5) is 34.1. The molecule has 0 saturated carbocycles. The lowest BCUT2D eigenvalue weighted by molar-refractivity contribution is 0.103. The molecule has 0 aliphatic rings. The summed E-state index contributed by atoms with van der Waals surface area (Å²) in [6.45, 7) is 0.